The molecule has 0 fully saturated rings. The number of benzene rings is 3. The Morgan fingerprint density at radius 3 is 2.48 bits per heavy atom. The van der Waals surface area contributed by atoms with Crippen LogP contribution in [-0.4, -0.2) is 11.2 Å². The van der Waals surface area contributed by atoms with E-state index >= 15 is 0 Å². The standard InChI is InChI=1S/C20H12ClIN2O/c21-15-5-10-19-18(11-15)24-20(25-19)14-3-8-17(9-4-14)23-12-13-1-6-16(22)7-2-13/h1-12H. The molecule has 3 aromatic carbocycles. The largest absolute Gasteiger partial charge is 0.436 e. The van der Waals surface area contributed by atoms with Crippen molar-refractivity contribution < 1.29 is 4.42 Å². The maximum atomic E-state index is 5.99. The van der Waals surface area contributed by atoms with Crippen LogP contribution in [0.25, 0.3) is 22.6 Å². The molecule has 0 aliphatic rings. The highest BCUT2D eigenvalue weighted by atomic mass is 127. The molecule has 0 aliphatic heterocycles. The van der Waals surface area contributed by atoms with Gasteiger partial charge in [0.15, 0.2) is 5.58 Å². The second-order valence-electron chi connectivity index (χ2n) is 5.49. The lowest BCUT2D eigenvalue weighted by Crippen LogP contribution is -1.80. The van der Waals surface area contributed by atoms with Gasteiger partial charge in [-0.25, -0.2) is 4.98 Å². The number of hydrogen-bond donors (Lipinski definition) is 0. The summed E-state index contributed by atoms with van der Waals surface area (Å²) in [4.78, 5) is 8.98. The lowest BCUT2D eigenvalue weighted by atomic mass is 10.2. The molecule has 5 heteroatoms. The van der Waals surface area contributed by atoms with Crippen molar-refractivity contribution in [3.8, 4) is 11.5 Å². The summed E-state index contributed by atoms with van der Waals surface area (Å²) >= 11 is 8.28. The van der Waals surface area contributed by atoms with Crippen LogP contribution in [0.4, 0.5) is 5.69 Å². The third kappa shape index (κ3) is 3.75. The Bertz CT molecular complexity index is 1050. The second-order valence-corrected chi connectivity index (χ2v) is 7.17. The lowest BCUT2D eigenvalue weighted by molar-refractivity contribution is 0.620. The molecule has 1 aromatic heterocycles. The summed E-state index contributed by atoms with van der Waals surface area (Å²) < 4.78 is 6.99. The summed E-state index contributed by atoms with van der Waals surface area (Å²) in [7, 11) is 0. The molecule has 0 saturated carbocycles. The van der Waals surface area contributed by atoms with Gasteiger partial charge in [-0.3, -0.25) is 4.99 Å². The van der Waals surface area contributed by atoms with Gasteiger partial charge in [0.2, 0.25) is 5.89 Å². The summed E-state index contributed by atoms with van der Waals surface area (Å²) in [6.45, 7) is 0. The van der Waals surface area contributed by atoms with E-state index in [2.05, 4.69) is 44.7 Å². The Balaban J connectivity index is 1.57. The van der Waals surface area contributed by atoms with Crippen LogP contribution in [0.2, 0.25) is 5.02 Å². The zero-order valence-corrected chi connectivity index (χ0v) is 15.9. The fourth-order valence-corrected chi connectivity index (χ4v) is 2.94. The summed E-state index contributed by atoms with van der Waals surface area (Å²) in [5.74, 6) is 0.574. The fourth-order valence-electron chi connectivity index (χ4n) is 2.41. The molecule has 0 bridgehead atoms. The van der Waals surface area contributed by atoms with Gasteiger partial charge >= 0.3 is 0 Å². The van der Waals surface area contributed by atoms with E-state index in [0.29, 0.717) is 10.9 Å². The average molecular weight is 459 g/mol. The van der Waals surface area contributed by atoms with Crippen LogP contribution < -0.4 is 0 Å². The molecular formula is C20H12ClIN2O. The van der Waals surface area contributed by atoms with Crippen molar-refractivity contribution in [1.29, 1.82) is 0 Å². The van der Waals surface area contributed by atoms with Gasteiger partial charge in [-0.15, -0.1) is 0 Å². The van der Waals surface area contributed by atoms with Crippen molar-refractivity contribution in [2.75, 3.05) is 0 Å². The molecule has 0 N–H and O–H groups in total. The number of rotatable bonds is 3. The van der Waals surface area contributed by atoms with Crippen molar-refractivity contribution in [2.24, 2.45) is 4.99 Å². The van der Waals surface area contributed by atoms with Gasteiger partial charge in [0.25, 0.3) is 0 Å². The number of hydrogen-bond acceptors (Lipinski definition) is 3. The minimum atomic E-state index is 0.574. The summed E-state index contributed by atoms with van der Waals surface area (Å²) in [6, 6.07) is 21.4. The van der Waals surface area contributed by atoms with Gasteiger partial charge in [-0.2, -0.15) is 0 Å². The summed E-state index contributed by atoms with van der Waals surface area (Å²) in [5.41, 5.74) is 4.32. The van der Waals surface area contributed by atoms with Crippen LogP contribution in [0, 0.1) is 3.57 Å². The molecule has 25 heavy (non-hydrogen) atoms. The Hall–Kier alpha value is -2.18. The molecular weight excluding hydrogens is 447 g/mol. The van der Waals surface area contributed by atoms with E-state index < -0.39 is 0 Å². The SMILES string of the molecule is Clc1ccc2oc(-c3ccc(N=Cc4ccc(I)cc4)cc3)nc2c1. The molecule has 122 valence electrons. The first-order chi connectivity index (χ1) is 12.2. The summed E-state index contributed by atoms with van der Waals surface area (Å²) in [6.07, 6.45) is 1.85. The number of oxazole rings is 1. The number of nitrogens with zero attached hydrogens (tertiary/aromatic N) is 2. The van der Waals surface area contributed by atoms with Crippen LogP contribution in [-0.2, 0) is 0 Å². The summed E-state index contributed by atoms with van der Waals surface area (Å²) in [5, 5.41) is 0.646. The Morgan fingerprint density at radius 1 is 0.960 bits per heavy atom. The van der Waals surface area contributed by atoms with Crippen LogP contribution in [0.1, 0.15) is 5.56 Å². The van der Waals surface area contributed by atoms with Crippen molar-refractivity contribution in [2.45, 2.75) is 0 Å². The minimum Gasteiger partial charge on any atom is -0.436 e. The molecule has 0 saturated heterocycles. The molecule has 0 aliphatic carbocycles. The van der Waals surface area contributed by atoms with Gasteiger partial charge in [0.05, 0.1) is 5.69 Å². The molecule has 0 spiro atoms. The Labute approximate surface area is 163 Å². The van der Waals surface area contributed by atoms with E-state index in [1.807, 2.05) is 48.7 Å². The fraction of sp³-hybridized carbons (Fsp3) is 0. The smallest absolute Gasteiger partial charge is 0.227 e. The van der Waals surface area contributed by atoms with Crippen LogP contribution in [0.15, 0.2) is 76.1 Å². The molecule has 4 rings (SSSR count). The van der Waals surface area contributed by atoms with Gasteiger partial charge in [-0.1, -0.05) is 23.7 Å². The third-order valence-electron chi connectivity index (χ3n) is 3.70. The van der Waals surface area contributed by atoms with E-state index in [1.54, 1.807) is 12.1 Å². The van der Waals surface area contributed by atoms with Crippen molar-refractivity contribution in [1.82, 2.24) is 4.98 Å². The molecule has 3 nitrogen and oxygen atoms in total. The molecule has 1 heterocycles. The number of aromatic nitrogens is 1. The van der Waals surface area contributed by atoms with E-state index in [9.17, 15) is 0 Å². The van der Waals surface area contributed by atoms with E-state index in [1.165, 1.54) is 3.57 Å². The van der Waals surface area contributed by atoms with Gasteiger partial charge in [0, 0.05) is 20.4 Å². The van der Waals surface area contributed by atoms with Gasteiger partial charge < -0.3 is 4.42 Å². The maximum Gasteiger partial charge on any atom is 0.227 e. The Kier molecular flexibility index (Phi) is 4.55. The number of halogens is 2. The first-order valence-corrected chi connectivity index (χ1v) is 9.09. The molecule has 0 amide bonds. The number of aliphatic imine (C=N–C) groups is 1. The van der Waals surface area contributed by atoms with E-state index in [4.69, 9.17) is 16.0 Å². The molecule has 0 unspecified atom stereocenters. The zero-order valence-electron chi connectivity index (χ0n) is 13.0. The van der Waals surface area contributed by atoms with Crippen LogP contribution in [0.3, 0.4) is 0 Å². The first kappa shape index (κ1) is 16.3. The van der Waals surface area contributed by atoms with E-state index in [0.717, 1.165) is 27.9 Å². The van der Waals surface area contributed by atoms with Gasteiger partial charge in [0.1, 0.15) is 5.52 Å². The highest BCUT2D eigenvalue weighted by Crippen LogP contribution is 2.27. The van der Waals surface area contributed by atoms with E-state index in [-0.39, 0.29) is 0 Å². The van der Waals surface area contributed by atoms with Crippen molar-refractivity contribution in [3.05, 3.63) is 80.9 Å². The normalized spacial score (nSPS) is 11.4. The quantitative estimate of drug-likeness (QED) is 0.259. The van der Waals surface area contributed by atoms with Crippen molar-refractivity contribution >= 4 is 57.2 Å². The lowest BCUT2D eigenvalue weighted by Gasteiger charge is -1.97. The number of fused-ring (bicyclic) bond motifs is 1. The third-order valence-corrected chi connectivity index (χ3v) is 4.65. The maximum absolute atomic E-state index is 5.99. The molecule has 0 radical (unpaired) electrons. The average Bonchev–Trinajstić information content (AvgIpc) is 3.05. The predicted octanol–water partition coefficient (Wildman–Crippen LogP) is 6.50. The first-order valence-electron chi connectivity index (χ1n) is 7.63. The minimum absolute atomic E-state index is 0.574. The monoisotopic (exact) mass is 458 g/mol. The second kappa shape index (κ2) is 6.98. The molecule has 0 atom stereocenters. The van der Waals surface area contributed by atoms with Gasteiger partial charge in [-0.05, 0) is 82.8 Å². The zero-order chi connectivity index (χ0) is 17.2. The highest BCUT2D eigenvalue weighted by Gasteiger charge is 2.08. The highest BCUT2D eigenvalue weighted by molar-refractivity contribution is 14.1. The predicted molar refractivity (Wildman–Crippen MR) is 111 cm³/mol. The van der Waals surface area contributed by atoms with Crippen LogP contribution in [0.5, 0.6) is 0 Å². The van der Waals surface area contributed by atoms with Crippen molar-refractivity contribution in [3.63, 3.8) is 0 Å². The van der Waals surface area contributed by atoms with Crippen LogP contribution >= 0.6 is 34.2 Å². The topological polar surface area (TPSA) is 38.4 Å². The Morgan fingerprint density at radius 2 is 1.72 bits per heavy atom. The molecule has 4 aromatic rings.